The zero-order valence-electron chi connectivity index (χ0n) is 14.4. The Morgan fingerprint density at radius 3 is 2.61 bits per heavy atom. The lowest BCUT2D eigenvalue weighted by molar-refractivity contribution is 0.462. The topological polar surface area (TPSA) is 32.6 Å². The van der Waals surface area contributed by atoms with Crippen molar-refractivity contribution in [1.82, 2.24) is 14.8 Å². The van der Waals surface area contributed by atoms with Gasteiger partial charge in [-0.25, -0.2) is 0 Å². The summed E-state index contributed by atoms with van der Waals surface area (Å²) >= 11 is 1.88. The van der Waals surface area contributed by atoms with Gasteiger partial charge < -0.3 is 14.8 Å². The van der Waals surface area contributed by atoms with Crippen LogP contribution < -0.4 is 5.32 Å². The van der Waals surface area contributed by atoms with E-state index in [1.165, 1.54) is 10.6 Å². The Morgan fingerprint density at radius 2 is 2.00 bits per heavy atom. The molecule has 0 spiro atoms. The molecule has 23 heavy (non-hydrogen) atoms. The second kappa shape index (κ2) is 8.67. The van der Waals surface area contributed by atoms with E-state index in [0.29, 0.717) is 5.25 Å². The fourth-order valence-corrected chi connectivity index (χ4v) is 3.32. The third-order valence-electron chi connectivity index (χ3n) is 3.65. The van der Waals surface area contributed by atoms with Crippen molar-refractivity contribution in [3.63, 3.8) is 0 Å². The molecule has 1 heterocycles. The molecule has 1 atom stereocenters. The van der Waals surface area contributed by atoms with Gasteiger partial charge in [0, 0.05) is 49.7 Å². The number of benzene rings is 1. The number of hydrogen-bond acceptors (Lipinski definition) is 2. The Bertz CT molecular complexity index is 621. The largest absolute Gasteiger partial charge is 0.355 e. The maximum Gasteiger partial charge on any atom is 0.193 e. The maximum absolute atomic E-state index is 4.39. The number of thioether (sulfide) groups is 1. The highest BCUT2D eigenvalue weighted by Crippen LogP contribution is 2.21. The first-order valence-corrected chi connectivity index (χ1v) is 8.72. The second-order valence-electron chi connectivity index (χ2n) is 5.64. The maximum atomic E-state index is 4.39. The molecule has 0 saturated heterocycles. The van der Waals surface area contributed by atoms with Gasteiger partial charge in [-0.15, -0.1) is 11.8 Å². The first-order chi connectivity index (χ1) is 11.1. The number of aryl methyl sites for hydroxylation is 1. The third kappa shape index (κ3) is 5.36. The van der Waals surface area contributed by atoms with Crippen LogP contribution in [0.2, 0.25) is 0 Å². The van der Waals surface area contributed by atoms with Gasteiger partial charge in [0.1, 0.15) is 0 Å². The van der Waals surface area contributed by atoms with Crippen molar-refractivity contribution in [3.8, 4) is 0 Å². The van der Waals surface area contributed by atoms with Crippen molar-refractivity contribution in [3.05, 3.63) is 54.4 Å². The molecule has 2 aromatic rings. The number of aromatic nitrogens is 1. The summed E-state index contributed by atoms with van der Waals surface area (Å²) in [6, 6.07) is 14.7. The van der Waals surface area contributed by atoms with E-state index in [-0.39, 0.29) is 0 Å². The first kappa shape index (κ1) is 17.5. The van der Waals surface area contributed by atoms with Crippen LogP contribution in [0.25, 0.3) is 0 Å². The number of aliphatic imine (C=N–C) groups is 1. The zero-order chi connectivity index (χ0) is 16.7. The van der Waals surface area contributed by atoms with Gasteiger partial charge in [0.2, 0.25) is 0 Å². The summed E-state index contributed by atoms with van der Waals surface area (Å²) in [6.07, 6.45) is 2.07. The van der Waals surface area contributed by atoms with E-state index >= 15 is 0 Å². The Balaban J connectivity index is 1.83. The van der Waals surface area contributed by atoms with E-state index in [4.69, 9.17) is 0 Å². The van der Waals surface area contributed by atoms with Crippen molar-refractivity contribution in [2.75, 3.05) is 20.6 Å². The first-order valence-electron chi connectivity index (χ1n) is 7.84. The van der Waals surface area contributed by atoms with Gasteiger partial charge >= 0.3 is 0 Å². The third-order valence-corrected chi connectivity index (χ3v) is 4.77. The van der Waals surface area contributed by atoms with Crippen LogP contribution in [0, 0.1) is 0 Å². The Morgan fingerprint density at radius 1 is 1.26 bits per heavy atom. The Labute approximate surface area is 143 Å². The minimum Gasteiger partial charge on any atom is -0.355 e. The van der Waals surface area contributed by atoms with Gasteiger partial charge in [-0.2, -0.15) is 0 Å². The van der Waals surface area contributed by atoms with E-state index < -0.39 is 0 Å². The number of guanidine groups is 1. The van der Waals surface area contributed by atoms with E-state index in [1.54, 1.807) is 0 Å². The van der Waals surface area contributed by atoms with Crippen LogP contribution in [0.5, 0.6) is 0 Å². The molecule has 0 radical (unpaired) electrons. The summed E-state index contributed by atoms with van der Waals surface area (Å²) in [7, 11) is 5.97. The molecule has 0 fully saturated rings. The number of hydrogen-bond donors (Lipinski definition) is 1. The number of nitrogens with one attached hydrogen (secondary N) is 1. The predicted molar refractivity (Wildman–Crippen MR) is 100 cm³/mol. The average Bonchev–Trinajstić information content (AvgIpc) is 2.94. The average molecular weight is 331 g/mol. The SMILES string of the molecule is CN=C(NCC(C)Sc1ccccc1)N(C)Cc1cccn1C. The lowest BCUT2D eigenvalue weighted by atomic mass is 10.4. The molecule has 2 rings (SSSR count). The normalized spacial score (nSPS) is 13.0. The molecular formula is C18H26N4S. The molecule has 4 nitrogen and oxygen atoms in total. The van der Waals surface area contributed by atoms with Crippen LogP contribution in [0.4, 0.5) is 0 Å². The van der Waals surface area contributed by atoms with Crippen molar-refractivity contribution in [1.29, 1.82) is 0 Å². The van der Waals surface area contributed by atoms with Gasteiger partial charge in [0.15, 0.2) is 5.96 Å². The monoisotopic (exact) mass is 330 g/mol. The molecule has 5 heteroatoms. The minimum atomic E-state index is 0.470. The Kier molecular flexibility index (Phi) is 6.59. The standard InChI is InChI=1S/C18H26N4S/c1-15(23-17-10-6-5-7-11-17)13-20-18(19-2)22(4)14-16-9-8-12-21(16)3/h5-12,15H,13-14H2,1-4H3,(H,19,20). The molecular weight excluding hydrogens is 304 g/mol. The molecule has 1 aromatic heterocycles. The zero-order valence-corrected chi connectivity index (χ0v) is 15.2. The van der Waals surface area contributed by atoms with Crippen LogP contribution in [0.3, 0.4) is 0 Å². The van der Waals surface area contributed by atoms with Crippen LogP contribution in [-0.4, -0.2) is 41.3 Å². The molecule has 0 aliphatic carbocycles. The van der Waals surface area contributed by atoms with Crippen molar-refractivity contribution in [2.24, 2.45) is 12.0 Å². The van der Waals surface area contributed by atoms with Crippen LogP contribution >= 0.6 is 11.8 Å². The molecule has 1 N–H and O–H groups in total. The van der Waals surface area contributed by atoms with Crippen molar-refractivity contribution in [2.45, 2.75) is 23.6 Å². The summed E-state index contributed by atoms with van der Waals surface area (Å²) in [4.78, 5) is 7.84. The molecule has 0 amide bonds. The fourth-order valence-electron chi connectivity index (χ4n) is 2.37. The fraction of sp³-hybridized carbons (Fsp3) is 0.389. The number of nitrogens with zero attached hydrogens (tertiary/aromatic N) is 3. The number of rotatable bonds is 6. The molecule has 0 bridgehead atoms. The van der Waals surface area contributed by atoms with Crippen molar-refractivity contribution >= 4 is 17.7 Å². The molecule has 124 valence electrons. The van der Waals surface area contributed by atoms with E-state index in [2.05, 4.69) is 83.4 Å². The smallest absolute Gasteiger partial charge is 0.193 e. The second-order valence-corrected chi connectivity index (χ2v) is 7.15. The highest BCUT2D eigenvalue weighted by molar-refractivity contribution is 8.00. The molecule has 1 aromatic carbocycles. The Hall–Kier alpha value is -1.88. The summed E-state index contributed by atoms with van der Waals surface area (Å²) in [5, 5.41) is 3.94. The predicted octanol–water partition coefficient (Wildman–Crippen LogP) is 3.21. The summed E-state index contributed by atoms with van der Waals surface area (Å²) in [5.74, 6) is 0.923. The van der Waals surface area contributed by atoms with E-state index in [0.717, 1.165) is 19.0 Å². The molecule has 0 aliphatic heterocycles. The highest BCUT2D eigenvalue weighted by atomic mass is 32.2. The van der Waals surface area contributed by atoms with Gasteiger partial charge in [0.05, 0.1) is 6.54 Å². The van der Waals surface area contributed by atoms with Crippen LogP contribution in [-0.2, 0) is 13.6 Å². The lowest BCUT2D eigenvalue weighted by Crippen LogP contribution is -2.41. The minimum absolute atomic E-state index is 0.470. The lowest BCUT2D eigenvalue weighted by Gasteiger charge is -2.23. The summed E-state index contributed by atoms with van der Waals surface area (Å²) in [6.45, 7) is 3.95. The van der Waals surface area contributed by atoms with E-state index in [9.17, 15) is 0 Å². The van der Waals surface area contributed by atoms with Gasteiger partial charge in [-0.05, 0) is 24.3 Å². The molecule has 0 aliphatic rings. The van der Waals surface area contributed by atoms with Gasteiger partial charge in [-0.3, -0.25) is 4.99 Å². The summed E-state index contributed by atoms with van der Waals surface area (Å²) in [5.41, 5.74) is 1.27. The van der Waals surface area contributed by atoms with E-state index in [1.807, 2.05) is 24.9 Å². The van der Waals surface area contributed by atoms with Gasteiger partial charge in [-0.1, -0.05) is 25.1 Å². The van der Waals surface area contributed by atoms with Crippen molar-refractivity contribution < 1.29 is 0 Å². The van der Waals surface area contributed by atoms with Crippen LogP contribution in [0.1, 0.15) is 12.6 Å². The molecule has 1 unspecified atom stereocenters. The quantitative estimate of drug-likeness (QED) is 0.501. The van der Waals surface area contributed by atoms with Gasteiger partial charge in [0.25, 0.3) is 0 Å². The summed E-state index contributed by atoms with van der Waals surface area (Å²) < 4.78 is 2.14. The molecule has 0 saturated carbocycles. The highest BCUT2D eigenvalue weighted by Gasteiger charge is 2.10. The van der Waals surface area contributed by atoms with Crippen LogP contribution in [0.15, 0.2) is 58.5 Å².